The topological polar surface area (TPSA) is 47.3 Å². The van der Waals surface area contributed by atoms with E-state index in [2.05, 4.69) is 0 Å². The molecule has 0 aliphatic heterocycles. The van der Waals surface area contributed by atoms with Gasteiger partial charge in [0.15, 0.2) is 5.78 Å². The largest absolute Gasteiger partial charge is 0.423 e. The first kappa shape index (κ1) is 9.93. The monoisotopic (exact) mass is 222 g/mol. The van der Waals surface area contributed by atoms with E-state index in [4.69, 9.17) is 16.0 Å². The minimum absolute atomic E-state index is 0.145. The number of benzene rings is 1. The Kier molecular flexibility index (Phi) is 2.56. The van der Waals surface area contributed by atoms with E-state index >= 15 is 0 Å². The smallest absolute Gasteiger partial charge is 0.336 e. The number of ketones is 1. The molecule has 2 rings (SSSR count). The Morgan fingerprint density at radius 1 is 1.33 bits per heavy atom. The van der Waals surface area contributed by atoms with E-state index in [1.54, 1.807) is 24.3 Å². The standard InChI is InChI=1S/C11H7ClO3/c12-6-9(13)8-5-11(14)15-10-4-2-1-3-7(8)10/h1-5H,6H2. The Morgan fingerprint density at radius 3 is 2.80 bits per heavy atom. The summed E-state index contributed by atoms with van der Waals surface area (Å²) in [5.74, 6) is -0.422. The number of hydrogen-bond acceptors (Lipinski definition) is 3. The van der Waals surface area contributed by atoms with Gasteiger partial charge < -0.3 is 4.42 Å². The summed E-state index contributed by atoms with van der Waals surface area (Å²) >= 11 is 5.46. The predicted octanol–water partition coefficient (Wildman–Crippen LogP) is 2.21. The van der Waals surface area contributed by atoms with Crippen molar-refractivity contribution >= 4 is 28.4 Å². The van der Waals surface area contributed by atoms with Gasteiger partial charge in [0.1, 0.15) is 5.58 Å². The zero-order valence-electron chi connectivity index (χ0n) is 7.70. The highest BCUT2D eigenvalue weighted by atomic mass is 35.5. The lowest BCUT2D eigenvalue weighted by atomic mass is 10.1. The molecule has 0 spiro atoms. The average Bonchev–Trinajstić information content (AvgIpc) is 2.26. The summed E-state index contributed by atoms with van der Waals surface area (Å²) in [6, 6.07) is 8.04. The maximum Gasteiger partial charge on any atom is 0.336 e. The first-order valence-corrected chi connectivity index (χ1v) is 4.88. The predicted molar refractivity (Wildman–Crippen MR) is 57.5 cm³/mol. The zero-order valence-corrected chi connectivity index (χ0v) is 8.45. The quantitative estimate of drug-likeness (QED) is 0.445. The molecule has 0 atom stereocenters. The summed E-state index contributed by atoms with van der Waals surface area (Å²) < 4.78 is 4.95. The first-order chi connectivity index (χ1) is 7.22. The molecule has 0 unspecified atom stereocenters. The fraction of sp³-hybridized carbons (Fsp3) is 0.0909. The van der Waals surface area contributed by atoms with Gasteiger partial charge in [-0.05, 0) is 6.07 Å². The number of alkyl halides is 1. The van der Waals surface area contributed by atoms with Crippen LogP contribution in [0.3, 0.4) is 0 Å². The van der Waals surface area contributed by atoms with E-state index in [0.717, 1.165) is 0 Å². The van der Waals surface area contributed by atoms with Crippen LogP contribution in [0.15, 0.2) is 39.5 Å². The van der Waals surface area contributed by atoms with Gasteiger partial charge in [-0.1, -0.05) is 18.2 Å². The number of hydrogen-bond donors (Lipinski definition) is 0. The molecule has 0 bridgehead atoms. The van der Waals surface area contributed by atoms with Gasteiger partial charge in [0.25, 0.3) is 0 Å². The summed E-state index contributed by atoms with van der Waals surface area (Å²) in [4.78, 5) is 22.6. The maximum atomic E-state index is 11.5. The van der Waals surface area contributed by atoms with Crippen molar-refractivity contribution in [2.75, 3.05) is 5.88 Å². The van der Waals surface area contributed by atoms with Crippen molar-refractivity contribution < 1.29 is 9.21 Å². The van der Waals surface area contributed by atoms with E-state index < -0.39 is 5.63 Å². The molecule has 0 amide bonds. The van der Waals surface area contributed by atoms with Crippen LogP contribution in [0.2, 0.25) is 0 Å². The van der Waals surface area contributed by atoms with Crippen molar-refractivity contribution in [2.45, 2.75) is 0 Å². The van der Waals surface area contributed by atoms with Crippen LogP contribution in [0.4, 0.5) is 0 Å². The summed E-state index contributed by atoms with van der Waals surface area (Å²) in [6.45, 7) is 0. The van der Waals surface area contributed by atoms with Gasteiger partial charge >= 0.3 is 5.63 Å². The van der Waals surface area contributed by atoms with Crippen LogP contribution in [-0.2, 0) is 0 Å². The van der Waals surface area contributed by atoms with Crippen LogP contribution >= 0.6 is 11.6 Å². The highest BCUT2D eigenvalue weighted by Gasteiger charge is 2.11. The van der Waals surface area contributed by atoms with Crippen molar-refractivity contribution in [1.82, 2.24) is 0 Å². The Hall–Kier alpha value is -1.61. The summed E-state index contributed by atoms with van der Waals surface area (Å²) in [6.07, 6.45) is 0. The second-order valence-electron chi connectivity index (χ2n) is 3.03. The van der Waals surface area contributed by atoms with E-state index in [1.807, 2.05) is 0 Å². The summed E-state index contributed by atoms with van der Waals surface area (Å²) in [5, 5.41) is 0.614. The molecule has 76 valence electrons. The number of fused-ring (bicyclic) bond motifs is 1. The molecule has 0 saturated carbocycles. The van der Waals surface area contributed by atoms with Gasteiger partial charge in [-0.3, -0.25) is 4.79 Å². The second kappa shape index (κ2) is 3.87. The van der Waals surface area contributed by atoms with E-state index in [-0.39, 0.29) is 11.7 Å². The highest BCUT2D eigenvalue weighted by Crippen LogP contribution is 2.17. The van der Waals surface area contributed by atoms with Crippen molar-refractivity contribution in [3.05, 3.63) is 46.3 Å². The Balaban J connectivity index is 2.82. The second-order valence-corrected chi connectivity index (χ2v) is 3.30. The van der Waals surface area contributed by atoms with Crippen LogP contribution in [0.5, 0.6) is 0 Å². The molecule has 4 heteroatoms. The van der Waals surface area contributed by atoms with Gasteiger partial charge in [-0.15, -0.1) is 11.6 Å². The lowest BCUT2D eigenvalue weighted by Crippen LogP contribution is -2.07. The molecule has 0 fully saturated rings. The number of carbonyl (C=O) groups excluding carboxylic acids is 1. The van der Waals surface area contributed by atoms with Crippen molar-refractivity contribution in [3.63, 3.8) is 0 Å². The van der Waals surface area contributed by atoms with Crippen LogP contribution in [-0.4, -0.2) is 11.7 Å². The Morgan fingerprint density at radius 2 is 2.07 bits per heavy atom. The molecule has 0 radical (unpaired) electrons. The third-order valence-electron chi connectivity index (χ3n) is 2.07. The molecule has 15 heavy (non-hydrogen) atoms. The molecular formula is C11H7ClO3. The molecule has 1 aromatic heterocycles. The van der Waals surface area contributed by atoms with E-state index in [9.17, 15) is 9.59 Å². The third-order valence-corrected chi connectivity index (χ3v) is 2.31. The maximum absolute atomic E-state index is 11.5. The Bertz CT molecular complexity index is 571. The summed E-state index contributed by atoms with van der Waals surface area (Å²) in [5.41, 5.74) is 0.178. The molecule has 0 saturated heterocycles. The highest BCUT2D eigenvalue weighted by molar-refractivity contribution is 6.31. The van der Waals surface area contributed by atoms with Crippen LogP contribution in [0.1, 0.15) is 10.4 Å². The number of Topliss-reactive ketones (excluding diaryl/α,β-unsaturated/α-hetero) is 1. The molecule has 3 nitrogen and oxygen atoms in total. The molecule has 0 aliphatic carbocycles. The SMILES string of the molecule is O=C(CCl)c1cc(=O)oc2ccccc12. The van der Waals surface area contributed by atoms with Crippen LogP contribution in [0, 0.1) is 0 Å². The molecule has 1 aromatic carbocycles. The van der Waals surface area contributed by atoms with Gasteiger partial charge in [0.2, 0.25) is 0 Å². The van der Waals surface area contributed by atoms with Gasteiger partial charge in [0, 0.05) is 17.0 Å². The third kappa shape index (κ3) is 1.78. The number of rotatable bonds is 2. The van der Waals surface area contributed by atoms with Gasteiger partial charge in [0.05, 0.1) is 5.88 Å². The molecule has 0 aliphatic rings. The van der Waals surface area contributed by atoms with Gasteiger partial charge in [-0.2, -0.15) is 0 Å². The van der Waals surface area contributed by atoms with Crippen molar-refractivity contribution in [1.29, 1.82) is 0 Å². The molecular weight excluding hydrogens is 216 g/mol. The average molecular weight is 223 g/mol. The number of halogens is 1. The lowest BCUT2D eigenvalue weighted by Gasteiger charge is -2.01. The van der Waals surface area contributed by atoms with Gasteiger partial charge in [-0.25, -0.2) is 4.79 Å². The number of para-hydroxylation sites is 1. The normalized spacial score (nSPS) is 10.5. The van der Waals surface area contributed by atoms with Crippen molar-refractivity contribution in [2.24, 2.45) is 0 Å². The van der Waals surface area contributed by atoms with Crippen LogP contribution in [0.25, 0.3) is 11.0 Å². The number of carbonyl (C=O) groups is 1. The van der Waals surface area contributed by atoms with E-state index in [0.29, 0.717) is 16.5 Å². The van der Waals surface area contributed by atoms with E-state index in [1.165, 1.54) is 6.07 Å². The minimum Gasteiger partial charge on any atom is -0.423 e. The molecule has 0 N–H and O–H groups in total. The molecule has 1 heterocycles. The van der Waals surface area contributed by atoms with Crippen LogP contribution < -0.4 is 5.63 Å². The molecule has 2 aromatic rings. The fourth-order valence-electron chi connectivity index (χ4n) is 1.41. The fourth-order valence-corrected chi connectivity index (χ4v) is 1.56. The Labute approximate surface area is 90.3 Å². The zero-order chi connectivity index (χ0) is 10.8. The first-order valence-electron chi connectivity index (χ1n) is 4.34. The minimum atomic E-state index is -0.540. The lowest BCUT2D eigenvalue weighted by molar-refractivity contribution is 0.102. The summed E-state index contributed by atoms with van der Waals surface area (Å²) in [7, 11) is 0. The van der Waals surface area contributed by atoms with Crippen molar-refractivity contribution in [3.8, 4) is 0 Å².